The van der Waals surface area contributed by atoms with Gasteiger partial charge in [0.25, 0.3) is 0 Å². The molecule has 5 heteroatoms. The van der Waals surface area contributed by atoms with Gasteiger partial charge >= 0.3 is 5.69 Å². The molecule has 0 bridgehead atoms. The number of fused-ring (bicyclic) bond motifs is 1. The zero-order valence-corrected chi connectivity index (χ0v) is 11.7. The van der Waals surface area contributed by atoms with E-state index in [-0.39, 0.29) is 12.0 Å². The summed E-state index contributed by atoms with van der Waals surface area (Å²) in [6, 6.07) is 7.91. The molecular weight excluding hydrogens is 256 g/mol. The minimum atomic E-state index is -0.181. The SMILES string of the molecule is CCn1c(=O)n(CCC2OCCCO2)c2ccccc21. The molecule has 0 N–H and O–H groups in total. The minimum Gasteiger partial charge on any atom is -0.353 e. The summed E-state index contributed by atoms with van der Waals surface area (Å²) in [4.78, 5) is 12.4. The zero-order valence-electron chi connectivity index (χ0n) is 11.7. The number of para-hydroxylation sites is 2. The first-order valence-corrected chi connectivity index (χ1v) is 7.22. The lowest BCUT2D eigenvalue weighted by atomic mass is 10.3. The van der Waals surface area contributed by atoms with Crippen molar-refractivity contribution in [1.29, 1.82) is 0 Å². The lowest BCUT2D eigenvalue weighted by molar-refractivity contribution is -0.182. The average molecular weight is 276 g/mol. The highest BCUT2D eigenvalue weighted by molar-refractivity contribution is 5.75. The number of aromatic nitrogens is 2. The van der Waals surface area contributed by atoms with E-state index in [1.165, 1.54) is 0 Å². The van der Waals surface area contributed by atoms with Crippen LogP contribution in [-0.2, 0) is 22.6 Å². The van der Waals surface area contributed by atoms with Crippen LogP contribution in [0.1, 0.15) is 19.8 Å². The Hall–Kier alpha value is -1.59. The van der Waals surface area contributed by atoms with E-state index in [4.69, 9.17) is 9.47 Å². The molecule has 1 fully saturated rings. The van der Waals surface area contributed by atoms with Crippen molar-refractivity contribution in [2.75, 3.05) is 13.2 Å². The van der Waals surface area contributed by atoms with Crippen molar-refractivity contribution in [2.45, 2.75) is 39.1 Å². The molecule has 0 aliphatic carbocycles. The van der Waals surface area contributed by atoms with Crippen LogP contribution in [0.5, 0.6) is 0 Å². The van der Waals surface area contributed by atoms with Crippen LogP contribution < -0.4 is 5.69 Å². The molecule has 3 rings (SSSR count). The van der Waals surface area contributed by atoms with E-state index < -0.39 is 0 Å². The number of benzene rings is 1. The first-order chi connectivity index (χ1) is 9.81. The third-order valence-corrected chi connectivity index (χ3v) is 3.73. The van der Waals surface area contributed by atoms with E-state index in [0.29, 0.717) is 19.5 Å². The molecule has 2 aromatic rings. The van der Waals surface area contributed by atoms with Crippen LogP contribution in [0.3, 0.4) is 0 Å². The lowest BCUT2D eigenvalue weighted by Gasteiger charge is -2.23. The molecule has 0 radical (unpaired) electrons. The van der Waals surface area contributed by atoms with Crippen LogP contribution in [0.15, 0.2) is 29.1 Å². The molecule has 0 saturated carbocycles. The van der Waals surface area contributed by atoms with Gasteiger partial charge in [-0.05, 0) is 25.5 Å². The highest BCUT2D eigenvalue weighted by Gasteiger charge is 2.17. The monoisotopic (exact) mass is 276 g/mol. The maximum absolute atomic E-state index is 12.4. The highest BCUT2D eigenvalue weighted by atomic mass is 16.7. The molecule has 1 aromatic heterocycles. The number of hydrogen-bond donors (Lipinski definition) is 0. The fourth-order valence-corrected chi connectivity index (χ4v) is 2.73. The number of hydrogen-bond acceptors (Lipinski definition) is 3. The molecule has 1 aliphatic rings. The van der Waals surface area contributed by atoms with Crippen molar-refractivity contribution < 1.29 is 9.47 Å². The standard InChI is InChI=1S/C15H20N2O3/c1-2-16-12-6-3-4-7-13(12)17(15(16)18)9-8-14-19-10-5-11-20-14/h3-4,6-7,14H,2,5,8-11H2,1H3. The molecule has 1 aromatic carbocycles. The summed E-state index contributed by atoms with van der Waals surface area (Å²) in [5.74, 6) is 0. The highest BCUT2D eigenvalue weighted by Crippen LogP contribution is 2.15. The van der Waals surface area contributed by atoms with Gasteiger partial charge in [0.05, 0.1) is 24.2 Å². The molecule has 0 spiro atoms. The third-order valence-electron chi connectivity index (χ3n) is 3.73. The Morgan fingerprint density at radius 3 is 2.45 bits per heavy atom. The summed E-state index contributed by atoms with van der Waals surface area (Å²) in [5, 5.41) is 0. The van der Waals surface area contributed by atoms with Crippen LogP contribution >= 0.6 is 0 Å². The molecule has 0 atom stereocenters. The minimum absolute atomic E-state index is 0.0458. The van der Waals surface area contributed by atoms with Gasteiger partial charge in [0.15, 0.2) is 6.29 Å². The lowest BCUT2D eigenvalue weighted by Crippen LogP contribution is -2.29. The number of ether oxygens (including phenoxy) is 2. The second kappa shape index (κ2) is 5.81. The van der Waals surface area contributed by atoms with Crippen LogP contribution in [0.4, 0.5) is 0 Å². The Kier molecular flexibility index (Phi) is 3.89. The number of aryl methyl sites for hydroxylation is 2. The summed E-state index contributed by atoms with van der Waals surface area (Å²) in [7, 11) is 0. The van der Waals surface area contributed by atoms with E-state index in [9.17, 15) is 4.79 Å². The van der Waals surface area contributed by atoms with Crippen molar-refractivity contribution in [3.63, 3.8) is 0 Å². The summed E-state index contributed by atoms with van der Waals surface area (Å²) in [6.07, 6.45) is 1.47. The number of nitrogens with zero attached hydrogens (tertiary/aromatic N) is 2. The van der Waals surface area contributed by atoms with Crippen molar-refractivity contribution in [2.24, 2.45) is 0 Å². The largest absolute Gasteiger partial charge is 0.353 e. The van der Waals surface area contributed by atoms with Crippen LogP contribution in [-0.4, -0.2) is 28.6 Å². The fourth-order valence-electron chi connectivity index (χ4n) is 2.73. The van der Waals surface area contributed by atoms with Gasteiger partial charge in [-0.3, -0.25) is 9.13 Å². The second-order valence-electron chi connectivity index (χ2n) is 4.98. The molecule has 0 unspecified atom stereocenters. The summed E-state index contributed by atoms with van der Waals surface area (Å²) in [6.45, 7) is 4.79. The van der Waals surface area contributed by atoms with E-state index in [0.717, 1.165) is 30.7 Å². The van der Waals surface area contributed by atoms with Crippen molar-refractivity contribution in [3.05, 3.63) is 34.7 Å². The smallest absolute Gasteiger partial charge is 0.329 e. The van der Waals surface area contributed by atoms with E-state index in [1.54, 1.807) is 4.57 Å². The zero-order chi connectivity index (χ0) is 13.9. The Morgan fingerprint density at radius 1 is 1.15 bits per heavy atom. The maximum atomic E-state index is 12.4. The van der Waals surface area contributed by atoms with Crippen molar-refractivity contribution in [1.82, 2.24) is 9.13 Å². The molecule has 108 valence electrons. The molecule has 1 saturated heterocycles. The van der Waals surface area contributed by atoms with E-state index >= 15 is 0 Å². The summed E-state index contributed by atoms with van der Waals surface area (Å²) in [5.41, 5.74) is 2.02. The first kappa shape index (κ1) is 13.4. The molecule has 2 heterocycles. The first-order valence-electron chi connectivity index (χ1n) is 7.22. The summed E-state index contributed by atoms with van der Waals surface area (Å²) >= 11 is 0. The normalized spacial score (nSPS) is 16.9. The van der Waals surface area contributed by atoms with E-state index in [2.05, 4.69) is 0 Å². The molecule has 20 heavy (non-hydrogen) atoms. The predicted octanol–water partition coefficient (Wildman–Crippen LogP) is 1.98. The van der Waals surface area contributed by atoms with Crippen LogP contribution in [0, 0.1) is 0 Å². The third kappa shape index (κ3) is 2.39. The van der Waals surface area contributed by atoms with Gasteiger partial charge < -0.3 is 9.47 Å². The fraction of sp³-hybridized carbons (Fsp3) is 0.533. The van der Waals surface area contributed by atoms with Gasteiger partial charge in [0.2, 0.25) is 0 Å². The Morgan fingerprint density at radius 2 is 1.80 bits per heavy atom. The number of rotatable bonds is 4. The Balaban J connectivity index is 1.87. The van der Waals surface area contributed by atoms with Gasteiger partial charge in [-0.15, -0.1) is 0 Å². The maximum Gasteiger partial charge on any atom is 0.329 e. The average Bonchev–Trinajstić information content (AvgIpc) is 2.77. The Labute approximate surface area is 117 Å². The van der Waals surface area contributed by atoms with Gasteiger partial charge in [-0.1, -0.05) is 12.1 Å². The van der Waals surface area contributed by atoms with Crippen LogP contribution in [0.25, 0.3) is 11.0 Å². The van der Waals surface area contributed by atoms with E-state index in [1.807, 2.05) is 35.8 Å². The second-order valence-corrected chi connectivity index (χ2v) is 4.98. The molecule has 1 aliphatic heterocycles. The van der Waals surface area contributed by atoms with Gasteiger partial charge in [-0.2, -0.15) is 0 Å². The number of imidazole rings is 1. The van der Waals surface area contributed by atoms with Crippen molar-refractivity contribution in [3.8, 4) is 0 Å². The quantitative estimate of drug-likeness (QED) is 0.857. The molecular formula is C15H20N2O3. The predicted molar refractivity (Wildman–Crippen MR) is 76.8 cm³/mol. The topological polar surface area (TPSA) is 45.4 Å². The summed E-state index contributed by atoms with van der Waals surface area (Å²) < 4.78 is 14.7. The van der Waals surface area contributed by atoms with Gasteiger partial charge in [0.1, 0.15) is 0 Å². The van der Waals surface area contributed by atoms with Gasteiger partial charge in [-0.25, -0.2) is 4.79 Å². The Bertz CT molecular complexity index is 638. The molecule has 5 nitrogen and oxygen atoms in total. The van der Waals surface area contributed by atoms with Gasteiger partial charge in [0, 0.05) is 19.5 Å². The molecule has 0 amide bonds. The van der Waals surface area contributed by atoms with Crippen LogP contribution in [0.2, 0.25) is 0 Å². The van der Waals surface area contributed by atoms with Crippen molar-refractivity contribution >= 4 is 11.0 Å².